The number of hydrogen-bond donors (Lipinski definition) is 0. The molecule has 1 heterocycles. The van der Waals surface area contributed by atoms with Crippen LogP contribution in [-0.4, -0.2) is 11.7 Å². The Morgan fingerprint density at radius 2 is 2.08 bits per heavy atom. The summed E-state index contributed by atoms with van der Waals surface area (Å²) in [5, 5.41) is 0. The zero-order valence-electron chi connectivity index (χ0n) is 8.22. The van der Waals surface area contributed by atoms with E-state index in [9.17, 15) is 0 Å². The molecule has 0 N–H and O–H groups in total. The summed E-state index contributed by atoms with van der Waals surface area (Å²) in [5.74, 6) is 0. The van der Waals surface area contributed by atoms with Crippen LogP contribution in [0.4, 0.5) is 0 Å². The number of epoxide rings is 1. The van der Waals surface area contributed by atoms with Gasteiger partial charge in [0.2, 0.25) is 0 Å². The molecule has 2 aliphatic rings. The highest BCUT2D eigenvalue weighted by molar-refractivity contribution is 5.39. The molecule has 0 aromatic carbocycles. The molecule has 2 unspecified atom stereocenters. The average Bonchev–Trinajstić information content (AvgIpc) is 2.56. The molecule has 0 amide bonds. The average molecular weight is 164 g/mol. The largest absolute Gasteiger partial charge is 0.357 e. The van der Waals surface area contributed by atoms with E-state index in [1.807, 2.05) is 0 Å². The van der Waals surface area contributed by atoms with E-state index >= 15 is 0 Å². The molecule has 0 bridgehead atoms. The molecule has 0 aromatic heterocycles. The first-order valence-electron chi connectivity index (χ1n) is 4.51. The molecule has 1 aliphatic heterocycles. The van der Waals surface area contributed by atoms with Crippen molar-refractivity contribution in [2.24, 2.45) is 5.41 Å². The Balaban J connectivity index is 2.24. The van der Waals surface area contributed by atoms with Gasteiger partial charge in [-0.15, -0.1) is 0 Å². The van der Waals surface area contributed by atoms with Gasteiger partial charge in [-0.2, -0.15) is 0 Å². The molecule has 1 aliphatic carbocycles. The summed E-state index contributed by atoms with van der Waals surface area (Å²) >= 11 is 0. The van der Waals surface area contributed by atoms with Gasteiger partial charge < -0.3 is 4.74 Å². The fraction of sp³-hybridized carbons (Fsp3) is 0.636. The lowest BCUT2D eigenvalue weighted by atomic mass is 9.82. The summed E-state index contributed by atoms with van der Waals surface area (Å²) in [6.45, 7) is 8.82. The summed E-state index contributed by atoms with van der Waals surface area (Å²) in [7, 11) is 0. The molecule has 1 heteroatoms. The van der Waals surface area contributed by atoms with Crippen LogP contribution in [0, 0.1) is 5.41 Å². The lowest BCUT2D eigenvalue weighted by Gasteiger charge is -2.22. The highest BCUT2D eigenvalue weighted by atomic mass is 16.6. The van der Waals surface area contributed by atoms with Gasteiger partial charge in [0, 0.05) is 0 Å². The standard InChI is InChI=1S/C11H16O/c1-10(2,3)8-5-6-11(4)9(7-8)12-11/h5-7,9H,1-4H3. The fourth-order valence-corrected chi connectivity index (χ4v) is 1.55. The van der Waals surface area contributed by atoms with E-state index in [1.54, 1.807) is 0 Å². The third kappa shape index (κ3) is 1.13. The highest BCUT2D eigenvalue weighted by Crippen LogP contribution is 2.44. The normalized spacial score (nSPS) is 39.0. The minimum atomic E-state index is 0.0365. The third-order valence-corrected chi connectivity index (χ3v) is 2.68. The van der Waals surface area contributed by atoms with Crippen LogP contribution in [0.2, 0.25) is 0 Å². The predicted molar refractivity (Wildman–Crippen MR) is 50.0 cm³/mol. The topological polar surface area (TPSA) is 12.5 Å². The van der Waals surface area contributed by atoms with Crippen LogP contribution >= 0.6 is 0 Å². The zero-order chi connectivity index (χ0) is 8.98. The van der Waals surface area contributed by atoms with Crippen molar-refractivity contribution in [2.75, 3.05) is 0 Å². The van der Waals surface area contributed by atoms with Gasteiger partial charge >= 0.3 is 0 Å². The van der Waals surface area contributed by atoms with Crippen LogP contribution in [0.1, 0.15) is 27.7 Å². The van der Waals surface area contributed by atoms with E-state index in [4.69, 9.17) is 4.74 Å². The Morgan fingerprint density at radius 3 is 2.58 bits per heavy atom. The van der Waals surface area contributed by atoms with Gasteiger partial charge in [0.25, 0.3) is 0 Å². The highest BCUT2D eigenvalue weighted by Gasteiger charge is 2.50. The molecule has 1 nitrogen and oxygen atoms in total. The van der Waals surface area contributed by atoms with E-state index in [0.29, 0.717) is 6.10 Å². The van der Waals surface area contributed by atoms with E-state index in [-0.39, 0.29) is 11.0 Å². The van der Waals surface area contributed by atoms with E-state index in [1.165, 1.54) is 5.57 Å². The van der Waals surface area contributed by atoms with Gasteiger partial charge in [0.1, 0.15) is 11.7 Å². The summed E-state index contributed by atoms with van der Waals surface area (Å²) < 4.78 is 5.53. The van der Waals surface area contributed by atoms with E-state index in [0.717, 1.165) is 0 Å². The predicted octanol–water partition coefficient (Wildman–Crippen LogP) is 2.69. The quantitative estimate of drug-likeness (QED) is 0.501. The molecular weight excluding hydrogens is 148 g/mol. The van der Waals surface area contributed by atoms with Crippen LogP contribution < -0.4 is 0 Å². The smallest absolute Gasteiger partial charge is 0.114 e. The molecule has 0 aromatic rings. The molecule has 1 saturated heterocycles. The molecule has 0 saturated carbocycles. The summed E-state index contributed by atoms with van der Waals surface area (Å²) in [4.78, 5) is 0. The molecule has 66 valence electrons. The first-order chi connectivity index (χ1) is 5.42. The maximum Gasteiger partial charge on any atom is 0.114 e. The summed E-state index contributed by atoms with van der Waals surface area (Å²) in [5.41, 5.74) is 1.68. The Labute approximate surface area is 74.1 Å². The van der Waals surface area contributed by atoms with Crippen molar-refractivity contribution in [2.45, 2.75) is 39.4 Å². The van der Waals surface area contributed by atoms with Gasteiger partial charge in [0.15, 0.2) is 0 Å². The SMILES string of the molecule is CC(C)(C)C1=CC2OC2(C)C=C1. The number of ether oxygens (including phenoxy) is 1. The summed E-state index contributed by atoms with van der Waals surface area (Å²) in [6, 6.07) is 0. The molecule has 12 heavy (non-hydrogen) atoms. The Morgan fingerprint density at radius 1 is 1.42 bits per heavy atom. The Hall–Kier alpha value is -0.560. The minimum absolute atomic E-state index is 0.0365. The van der Waals surface area contributed by atoms with Crippen LogP contribution in [0.25, 0.3) is 0 Å². The Bertz CT molecular complexity index is 267. The lowest BCUT2D eigenvalue weighted by molar-refractivity contribution is 0.357. The minimum Gasteiger partial charge on any atom is -0.357 e. The van der Waals surface area contributed by atoms with Gasteiger partial charge in [0.05, 0.1) is 0 Å². The third-order valence-electron chi connectivity index (χ3n) is 2.68. The van der Waals surface area contributed by atoms with Gasteiger partial charge in [-0.05, 0) is 30.1 Å². The second kappa shape index (κ2) is 2.02. The first-order valence-corrected chi connectivity index (χ1v) is 4.51. The zero-order valence-corrected chi connectivity index (χ0v) is 8.22. The number of rotatable bonds is 0. The van der Waals surface area contributed by atoms with E-state index < -0.39 is 0 Å². The fourth-order valence-electron chi connectivity index (χ4n) is 1.55. The molecule has 0 radical (unpaired) electrons. The van der Waals surface area contributed by atoms with Crippen LogP contribution in [0.5, 0.6) is 0 Å². The molecular formula is C11H16O. The van der Waals surface area contributed by atoms with Crippen LogP contribution in [-0.2, 0) is 4.74 Å². The van der Waals surface area contributed by atoms with Crippen molar-refractivity contribution in [3.8, 4) is 0 Å². The lowest BCUT2D eigenvalue weighted by Crippen LogP contribution is -2.15. The number of allylic oxidation sites excluding steroid dienone is 2. The maximum absolute atomic E-state index is 5.53. The van der Waals surface area contributed by atoms with Crippen molar-refractivity contribution in [1.82, 2.24) is 0 Å². The maximum atomic E-state index is 5.53. The number of fused-ring (bicyclic) bond motifs is 1. The second-order valence-corrected chi connectivity index (χ2v) is 4.93. The molecule has 2 rings (SSSR count). The second-order valence-electron chi connectivity index (χ2n) is 4.93. The Kier molecular flexibility index (Phi) is 1.36. The number of hydrogen-bond acceptors (Lipinski definition) is 1. The van der Waals surface area contributed by atoms with Crippen molar-refractivity contribution >= 4 is 0 Å². The molecule has 2 atom stereocenters. The molecule has 0 spiro atoms. The summed E-state index contributed by atoms with van der Waals surface area (Å²) in [6.07, 6.45) is 6.97. The molecule has 1 fully saturated rings. The van der Waals surface area contributed by atoms with Gasteiger partial charge in [-0.25, -0.2) is 0 Å². The van der Waals surface area contributed by atoms with Crippen LogP contribution in [0.15, 0.2) is 23.8 Å². The van der Waals surface area contributed by atoms with Gasteiger partial charge in [-0.1, -0.05) is 26.8 Å². The van der Waals surface area contributed by atoms with Crippen molar-refractivity contribution < 1.29 is 4.74 Å². The van der Waals surface area contributed by atoms with Crippen molar-refractivity contribution in [3.05, 3.63) is 23.8 Å². The van der Waals surface area contributed by atoms with Crippen LogP contribution in [0.3, 0.4) is 0 Å². The van der Waals surface area contributed by atoms with Crippen molar-refractivity contribution in [1.29, 1.82) is 0 Å². The first kappa shape index (κ1) is 8.06. The van der Waals surface area contributed by atoms with Crippen molar-refractivity contribution in [3.63, 3.8) is 0 Å². The van der Waals surface area contributed by atoms with Gasteiger partial charge in [-0.3, -0.25) is 0 Å². The van der Waals surface area contributed by atoms with E-state index in [2.05, 4.69) is 45.9 Å². The monoisotopic (exact) mass is 164 g/mol.